The molecule has 2 fully saturated rings. The molecule has 1 saturated heterocycles. The van der Waals surface area contributed by atoms with Gasteiger partial charge in [-0.3, -0.25) is 4.90 Å². The number of nitrogens with zero attached hydrogens (tertiary/aromatic N) is 1. The van der Waals surface area contributed by atoms with Crippen molar-refractivity contribution in [1.29, 1.82) is 0 Å². The van der Waals surface area contributed by atoms with Crippen LogP contribution in [0.3, 0.4) is 0 Å². The number of morpholine rings is 1. The average molecular weight is 268 g/mol. The van der Waals surface area contributed by atoms with Gasteiger partial charge in [0, 0.05) is 25.7 Å². The van der Waals surface area contributed by atoms with Gasteiger partial charge in [0.15, 0.2) is 0 Å². The van der Waals surface area contributed by atoms with Gasteiger partial charge in [-0.15, -0.1) is 0 Å². The Hall–Kier alpha value is -0.120. The maximum Gasteiger partial charge on any atom is 0.0674 e. The van der Waals surface area contributed by atoms with Crippen LogP contribution in [0.4, 0.5) is 0 Å². The minimum absolute atomic E-state index is 0.418. The van der Waals surface area contributed by atoms with E-state index < -0.39 is 0 Å². The van der Waals surface area contributed by atoms with E-state index in [0.717, 1.165) is 31.7 Å². The van der Waals surface area contributed by atoms with Crippen LogP contribution in [0.5, 0.6) is 0 Å². The highest BCUT2D eigenvalue weighted by Gasteiger charge is 2.26. The first-order chi connectivity index (χ1) is 9.29. The van der Waals surface area contributed by atoms with Crippen LogP contribution < -0.4 is 5.32 Å². The second-order valence-corrected chi connectivity index (χ2v) is 6.40. The third-order valence-electron chi connectivity index (χ3n) is 4.63. The predicted molar refractivity (Wildman–Crippen MR) is 80.5 cm³/mol. The summed E-state index contributed by atoms with van der Waals surface area (Å²) in [6.07, 6.45) is 8.73. The van der Waals surface area contributed by atoms with Gasteiger partial charge in [-0.25, -0.2) is 0 Å². The third kappa shape index (κ3) is 5.05. The van der Waals surface area contributed by atoms with E-state index in [2.05, 4.69) is 24.1 Å². The minimum atomic E-state index is 0.418. The van der Waals surface area contributed by atoms with E-state index in [-0.39, 0.29) is 0 Å². The summed E-state index contributed by atoms with van der Waals surface area (Å²) in [5.41, 5.74) is 0. The van der Waals surface area contributed by atoms with Crippen LogP contribution in [0.2, 0.25) is 0 Å². The topological polar surface area (TPSA) is 24.5 Å². The molecule has 1 saturated carbocycles. The van der Waals surface area contributed by atoms with Gasteiger partial charge in [0.2, 0.25) is 0 Å². The van der Waals surface area contributed by atoms with Crippen molar-refractivity contribution in [3.63, 3.8) is 0 Å². The lowest BCUT2D eigenvalue weighted by Gasteiger charge is -2.36. The zero-order chi connectivity index (χ0) is 13.5. The molecule has 0 aromatic heterocycles. The Morgan fingerprint density at radius 1 is 1.21 bits per heavy atom. The van der Waals surface area contributed by atoms with Gasteiger partial charge in [-0.1, -0.05) is 26.2 Å². The molecule has 0 aromatic rings. The quantitative estimate of drug-likeness (QED) is 0.776. The van der Waals surface area contributed by atoms with E-state index in [9.17, 15) is 0 Å². The summed E-state index contributed by atoms with van der Waals surface area (Å²) in [7, 11) is 0. The largest absolute Gasteiger partial charge is 0.376 e. The minimum Gasteiger partial charge on any atom is -0.376 e. The molecule has 0 bridgehead atoms. The molecule has 1 aliphatic carbocycles. The monoisotopic (exact) mass is 268 g/mol. The Morgan fingerprint density at radius 2 is 2.05 bits per heavy atom. The van der Waals surface area contributed by atoms with Crippen LogP contribution in [0.25, 0.3) is 0 Å². The van der Waals surface area contributed by atoms with Crippen LogP contribution >= 0.6 is 0 Å². The summed E-state index contributed by atoms with van der Waals surface area (Å²) in [5, 5.41) is 3.80. The highest BCUT2D eigenvalue weighted by atomic mass is 16.5. The van der Waals surface area contributed by atoms with Crippen LogP contribution in [-0.4, -0.2) is 49.8 Å². The summed E-state index contributed by atoms with van der Waals surface area (Å²) in [4.78, 5) is 2.63. The molecule has 3 atom stereocenters. The summed E-state index contributed by atoms with van der Waals surface area (Å²) in [6.45, 7) is 10.1. The molecular weight excluding hydrogens is 236 g/mol. The van der Waals surface area contributed by atoms with E-state index in [4.69, 9.17) is 4.74 Å². The Balaban J connectivity index is 1.85. The van der Waals surface area contributed by atoms with Crippen LogP contribution in [0.1, 0.15) is 52.4 Å². The highest BCUT2D eigenvalue weighted by Crippen LogP contribution is 2.25. The van der Waals surface area contributed by atoms with E-state index in [1.165, 1.54) is 51.6 Å². The van der Waals surface area contributed by atoms with Crippen molar-refractivity contribution in [2.24, 2.45) is 5.92 Å². The Bertz CT molecular complexity index is 247. The molecule has 1 aliphatic heterocycles. The molecule has 19 heavy (non-hydrogen) atoms. The van der Waals surface area contributed by atoms with Gasteiger partial charge in [-0.2, -0.15) is 0 Å². The standard InChI is InChI=1S/C16H32N2O/c1-3-9-17-16-8-6-4-5-7-15(16)13-18-10-11-19-14(2)12-18/h14-17H,3-13H2,1-2H3. The van der Waals surface area contributed by atoms with Crippen molar-refractivity contribution >= 4 is 0 Å². The lowest BCUT2D eigenvalue weighted by Crippen LogP contribution is -2.47. The van der Waals surface area contributed by atoms with Crippen molar-refractivity contribution in [2.75, 3.05) is 32.8 Å². The molecule has 3 heteroatoms. The smallest absolute Gasteiger partial charge is 0.0674 e. The second kappa shape index (κ2) is 8.23. The van der Waals surface area contributed by atoms with Gasteiger partial charge in [0.1, 0.15) is 0 Å². The molecule has 1 heterocycles. The fourth-order valence-corrected chi connectivity index (χ4v) is 3.59. The van der Waals surface area contributed by atoms with E-state index in [1.807, 2.05) is 0 Å². The van der Waals surface area contributed by atoms with Gasteiger partial charge < -0.3 is 10.1 Å². The number of nitrogens with one attached hydrogen (secondary N) is 1. The molecule has 0 aromatic carbocycles. The zero-order valence-electron chi connectivity index (χ0n) is 12.9. The maximum absolute atomic E-state index is 5.66. The fraction of sp³-hybridized carbons (Fsp3) is 1.00. The maximum atomic E-state index is 5.66. The van der Waals surface area contributed by atoms with Crippen molar-refractivity contribution in [3.05, 3.63) is 0 Å². The number of ether oxygens (including phenoxy) is 1. The Morgan fingerprint density at radius 3 is 2.84 bits per heavy atom. The molecule has 3 nitrogen and oxygen atoms in total. The number of rotatable bonds is 5. The lowest BCUT2D eigenvalue weighted by molar-refractivity contribution is -0.0251. The van der Waals surface area contributed by atoms with Crippen molar-refractivity contribution in [1.82, 2.24) is 10.2 Å². The second-order valence-electron chi connectivity index (χ2n) is 6.40. The zero-order valence-corrected chi connectivity index (χ0v) is 12.9. The number of hydrogen-bond acceptors (Lipinski definition) is 3. The van der Waals surface area contributed by atoms with Crippen LogP contribution in [0, 0.1) is 5.92 Å². The average Bonchev–Trinajstić information content (AvgIpc) is 2.62. The lowest BCUT2D eigenvalue weighted by atomic mass is 9.93. The molecule has 112 valence electrons. The molecule has 1 N–H and O–H groups in total. The van der Waals surface area contributed by atoms with Gasteiger partial charge >= 0.3 is 0 Å². The molecule has 0 spiro atoms. The Kier molecular flexibility index (Phi) is 6.62. The van der Waals surface area contributed by atoms with Crippen LogP contribution in [-0.2, 0) is 4.74 Å². The molecule has 3 unspecified atom stereocenters. The first-order valence-corrected chi connectivity index (χ1v) is 8.37. The van der Waals surface area contributed by atoms with E-state index >= 15 is 0 Å². The molecule has 0 amide bonds. The first kappa shape index (κ1) is 15.3. The Labute approximate surface area is 119 Å². The van der Waals surface area contributed by atoms with E-state index in [0.29, 0.717) is 6.10 Å². The highest BCUT2D eigenvalue weighted by molar-refractivity contribution is 4.83. The molecular formula is C16H32N2O. The summed E-state index contributed by atoms with van der Waals surface area (Å²) in [6, 6.07) is 0.751. The normalized spacial score (nSPS) is 34.1. The van der Waals surface area contributed by atoms with Gasteiger partial charge in [0.25, 0.3) is 0 Å². The summed E-state index contributed by atoms with van der Waals surface area (Å²) in [5.74, 6) is 0.847. The van der Waals surface area contributed by atoms with Gasteiger partial charge in [0.05, 0.1) is 12.7 Å². The van der Waals surface area contributed by atoms with Crippen LogP contribution in [0.15, 0.2) is 0 Å². The number of hydrogen-bond donors (Lipinski definition) is 1. The summed E-state index contributed by atoms with van der Waals surface area (Å²) >= 11 is 0. The fourth-order valence-electron chi connectivity index (χ4n) is 3.59. The van der Waals surface area contributed by atoms with Crippen molar-refractivity contribution in [2.45, 2.75) is 64.5 Å². The van der Waals surface area contributed by atoms with Crippen molar-refractivity contribution in [3.8, 4) is 0 Å². The van der Waals surface area contributed by atoms with Crippen molar-refractivity contribution < 1.29 is 4.74 Å². The molecule has 2 rings (SSSR count). The summed E-state index contributed by atoms with van der Waals surface area (Å²) < 4.78 is 5.66. The van der Waals surface area contributed by atoms with E-state index in [1.54, 1.807) is 0 Å². The third-order valence-corrected chi connectivity index (χ3v) is 4.63. The first-order valence-electron chi connectivity index (χ1n) is 8.37. The molecule has 2 aliphatic rings. The molecule has 0 radical (unpaired) electrons. The van der Waals surface area contributed by atoms with Gasteiger partial charge in [-0.05, 0) is 38.6 Å². The predicted octanol–water partition coefficient (Wildman–Crippen LogP) is 2.66. The SMILES string of the molecule is CCCNC1CCCCCC1CN1CCOC(C)C1.